The predicted octanol–water partition coefficient (Wildman–Crippen LogP) is 4.95. The largest absolute Gasteiger partial charge is 0.507 e. The molecular weight excluding hydrogens is 512 g/mol. The maximum absolute atomic E-state index is 13.4. The molecule has 1 saturated heterocycles. The molecule has 9 nitrogen and oxygen atoms in total. The number of carbonyl (C=O) groups excluding carboxylic acids is 2. The van der Waals surface area contributed by atoms with Crippen LogP contribution in [0.5, 0.6) is 23.0 Å². The number of phenols is 1. The number of hydrogen-bond acceptors (Lipinski definition) is 7. The van der Waals surface area contributed by atoms with Crippen molar-refractivity contribution < 1.29 is 34.0 Å². The van der Waals surface area contributed by atoms with Crippen molar-refractivity contribution in [3.8, 4) is 23.0 Å². The average molecular weight is 543 g/mol. The molecule has 1 amide bonds. The summed E-state index contributed by atoms with van der Waals surface area (Å²) in [4.78, 5) is 31.5. The summed E-state index contributed by atoms with van der Waals surface area (Å²) in [5, 5.41) is 22.5. The summed E-state index contributed by atoms with van der Waals surface area (Å²) in [5.41, 5.74) is 2.72. The second kappa shape index (κ2) is 11.1. The number of methoxy groups -OCH3 is 2. The van der Waals surface area contributed by atoms with Gasteiger partial charge in [0.2, 0.25) is 0 Å². The Bertz CT molecular complexity index is 1600. The number of benzene rings is 3. The number of Topliss-reactive ketones (excluding diaryl/α,β-unsaturated/α-hetero) is 1. The van der Waals surface area contributed by atoms with Crippen molar-refractivity contribution in [3.05, 3.63) is 89.1 Å². The molecule has 4 aromatic rings. The molecule has 0 spiro atoms. The number of phenolic OH excluding ortho intramolecular Hbond substituents is 1. The second-order valence-electron chi connectivity index (χ2n) is 9.36. The number of hydrogen-bond donors (Lipinski definition) is 3. The Balaban J connectivity index is 1.56. The Hall–Kier alpha value is -4.92. The highest BCUT2D eigenvalue weighted by Gasteiger charge is 2.46. The average Bonchev–Trinajstić information content (AvgIpc) is 3.49. The lowest BCUT2D eigenvalue weighted by atomic mass is 9.94. The predicted molar refractivity (Wildman–Crippen MR) is 150 cm³/mol. The van der Waals surface area contributed by atoms with Gasteiger partial charge in [0.25, 0.3) is 11.7 Å². The van der Waals surface area contributed by atoms with Crippen molar-refractivity contribution in [1.82, 2.24) is 9.88 Å². The summed E-state index contributed by atoms with van der Waals surface area (Å²) in [5.74, 6) is -0.367. The molecule has 1 aliphatic rings. The van der Waals surface area contributed by atoms with Crippen LogP contribution in [-0.4, -0.2) is 59.2 Å². The molecule has 3 N–H and O–H groups in total. The first-order chi connectivity index (χ1) is 19.4. The lowest BCUT2D eigenvalue weighted by Gasteiger charge is -2.26. The number of aliphatic hydroxyl groups is 1. The fourth-order valence-electron chi connectivity index (χ4n) is 5.08. The van der Waals surface area contributed by atoms with E-state index in [-0.39, 0.29) is 29.4 Å². The van der Waals surface area contributed by atoms with Crippen LogP contribution in [0.2, 0.25) is 0 Å². The minimum Gasteiger partial charge on any atom is -0.507 e. The molecule has 1 atom stereocenters. The third-order valence-electron chi connectivity index (χ3n) is 7.09. The van der Waals surface area contributed by atoms with Gasteiger partial charge in [-0.15, -0.1) is 0 Å². The third-order valence-corrected chi connectivity index (χ3v) is 7.09. The number of nitrogens with one attached hydrogen (secondary N) is 1. The molecule has 5 rings (SSSR count). The number of aromatic amines is 1. The standard InChI is InChI=1S/C31H30N2O7/c1-4-40-21-8-5-18(6-9-21)29(35)27-28(19-7-12-25(34)26(15-19)39-3)33(31(37)30(27)36)14-13-20-17-32-24-11-10-22(38-2)16-23(20)24/h5-12,15-17,28,32,34-35H,4,13-14H2,1-3H3/b29-27-. The molecule has 206 valence electrons. The highest BCUT2D eigenvalue weighted by molar-refractivity contribution is 6.46. The van der Waals surface area contributed by atoms with Crippen molar-refractivity contribution in [2.75, 3.05) is 27.4 Å². The zero-order chi connectivity index (χ0) is 28.4. The number of amides is 1. The van der Waals surface area contributed by atoms with Crippen LogP contribution in [0.4, 0.5) is 0 Å². The Morgan fingerprint density at radius 1 is 0.975 bits per heavy atom. The smallest absolute Gasteiger partial charge is 0.295 e. The molecule has 0 aliphatic carbocycles. The summed E-state index contributed by atoms with van der Waals surface area (Å²) in [6.07, 6.45) is 2.31. The minimum atomic E-state index is -0.902. The van der Waals surface area contributed by atoms with Gasteiger partial charge in [-0.3, -0.25) is 9.59 Å². The number of fused-ring (bicyclic) bond motifs is 1. The molecule has 1 fully saturated rings. The summed E-state index contributed by atoms with van der Waals surface area (Å²) >= 11 is 0. The second-order valence-corrected chi connectivity index (χ2v) is 9.36. The number of aromatic nitrogens is 1. The minimum absolute atomic E-state index is 0.0394. The molecule has 2 heterocycles. The topological polar surface area (TPSA) is 121 Å². The summed E-state index contributed by atoms with van der Waals surface area (Å²) in [7, 11) is 3.02. The highest BCUT2D eigenvalue weighted by atomic mass is 16.5. The highest BCUT2D eigenvalue weighted by Crippen LogP contribution is 2.42. The van der Waals surface area contributed by atoms with Crippen LogP contribution >= 0.6 is 0 Å². The lowest BCUT2D eigenvalue weighted by Crippen LogP contribution is -2.31. The number of rotatable bonds is 9. The number of nitrogens with zero attached hydrogens (tertiary/aromatic N) is 1. The fourth-order valence-corrected chi connectivity index (χ4v) is 5.08. The fraction of sp³-hybridized carbons (Fsp3) is 0.226. The first kappa shape index (κ1) is 26.7. The van der Waals surface area contributed by atoms with Gasteiger partial charge in [-0.1, -0.05) is 6.07 Å². The van der Waals surface area contributed by atoms with E-state index < -0.39 is 17.7 Å². The van der Waals surface area contributed by atoms with Gasteiger partial charge in [0, 0.05) is 29.2 Å². The summed E-state index contributed by atoms with van der Waals surface area (Å²) < 4.78 is 16.1. The number of ether oxygens (including phenoxy) is 3. The van der Waals surface area contributed by atoms with E-state index in [4.69, 9.17) is 14.2 Å². The first-order valence-electron chi connectivity index (χ1n) is 12.9. The quantitative estimate of drug-likeness (QED) is 0.155. The van der Waals surface area contributed by atoms with Crippen molar-refractivity contribution in [2.45, 2.75) is 19.4 Å². The van der Waals surface area contributed by atoms with Crippen molar-refractivity contribution in [3.63, 3.8) is 0 Å². The van der Waals surface area contributed by atoms with Crippen molar-refractivity contribution in [1.29, 1.82) is 0 Å². The molecule has 0 bridgehead atoms. The van der Waals surface area contributed by atoms with Crippen LogP contribution in [0, 0.1) is 0 Å². The number of carbonyl (C=O) groups is 2. The van der Waals surface area contributed by atoms with Gasteiger partial charge in [-0.05, 0) is 79.1 Å². The molecule has 0 radical (unpaired) electrons. The van der Waals surface area contributed by atoms with E-state index >= 15 is 0 Å². The number of ketones is 1. The van der Waals surface area contributed by atoms with E-state index in [1.807, 2.05) is 31.3 Å². The normalized spacial score (nSPS) is 16.5. The molecule has 3 aromatic carbocycles. The van der Waals surface area contributed by atoms with Crippen LogP contribution in [0.15, 0.2) is 72.4 Å². The van der Waals surface area contributed by atoms with Gasteiger partial charge >= 0.3 is 0 Å². The molecule has 1 aliphatic heterocycles. The van der Waals surface area contributed by atoms with Gasteiger partial charge in [-0.25, -0.2) is 0 Å². The monoisotopic (exact) mass is 542 g/mol. The molecule has 1 aromatic heterocycles. The third kappa shape index (κ3) is 4.82. The first-order valence-corrected chi connectivity index (χ1v) is 12.9. The van der Waals surface area contributed by atoms with E-state index in [0.717, 1.165) is 16.5 Å². The lowest BCUT2D eigenvalue weighted by molar-refractivity contribution is -0.139. The summed E-state index contributed by atoms with van der Waals surface area (Å²) in [6.45, 7) is 2.55. The molecule has 9 heteroatoms. The van der Waals surface area contributed by atoms with Gasteiger partial charge in [0.15, 0.2) is 11.5 Å². The van der Waals surface area contributed by atoms with Crippen molar-refractivity contribution in [2.24, 2.45) is 0 Å². The zero-order valence-corrected chi connectivity index (χ0v) is 22.4. The van der Waals surface area contributed by atoms with Crippen molar-refractivity contribution >= 4 is 28.4 Å². The Morgan fingerprint density at radius 2 is 1.73 bits per heavy atom. The van der Waals surface area contributed by atoms with Gasteiger partial charge in [0.1, 0.15) is 17.3 Å². The van der Waals surface area contributed by atoms with E-state index in [0.29, 0.717) is 35.7 Å². The Kier molecular flexibility index (Phi) is 7.37. The van der Waals surface area contributed by atoms with Gasteiger partial charge in [-0.2, -0.15) is 0 Å². The van der Waals surface area contributed by atoms with E-state index in [1.54, 1.807) is 43.5 Å². The van der Waals surface area contributed by atoms with Gasteiger partial charge in [0.05, 0.1) is 32.4 Å². The maximum atomic E-state index is 13.4. The zero-order valence-electron chi connectivity index (χ0n) is 22.4. The van der Waals surface area contributed by atoms with E-state index in [2.05, 4.69) is 4.98 Å². The van der Waals surface area contributed by atoms with Crippen LogP contribution in [0.3, 0.4) is 0 Å². The van der Waals surface area contributed by atoms with E-state index in [1.165, 1.54) is 18.1 Å². The number of H-pyrrole nitrogens is 1. The molecular formula is C31H30N2O7. The SMILES string of the molecule is CCOc1ccc(/C(O)=C2/C(=O)C(=O)N(CCc3c[nH]c4ccc(OC)cc34)C2c2ccc(O)c(OC)c2)cc1. The van der Waals surface area contributed by atoms with E-state index in [9.17, 15) is 19.8 Å². The molecule has 0 saturated carbocycles. The summed E-state index contributed by atoms with van der Waals surface area (Å²) in [6, 6.07) is 16.1. The number of aliphatic hydroxyl groups excluding tert-OH is 1. The number of aromatic hydroxyl groups is 1. The van der Waals surface area contributed by atoms with Crippen LogP contribution in [0.1, 0.15) is 29.7 Å². The van der Waals surface area contributed by atoms with Gasteiger partial charge < -0.3 is 34.3 Å². The Morgan fingerprint density at radius 3 is 2.42 bits per heavy atom. The van der Waals surface area contributed by atoms with Crippen LogP contribution in [-0.2, 0) is 16.0 Å². The van der Waals surface area contributed by atoms with Crippen LogP contribution in [0.25, 0.3) is 16.7 Å². The number of likely N-dealkylation sites (tertiary alicyclic amines) is 1. The maximum Gasteiger partial charge on any atom is 0.295 e. The molecule has 40 heavy (non-hydrogen) atoms. The molecule has 1 unspecified atom stereocenters. The Labute approximate surface area is 231 Å². The van der Waals surface area contributed by atoms with Crippen LogP contribution < -0.4 is 14.2 Å².